The van der Waals surface area contributed by atoms with Crippen molar-refractivity contribution < 1.29 is 9.59 Å². The van der Waals surface area contributed by atoms with Crippen molar-refractivity contribution in [2.75, 3.05) is 13.1 Å². The van der Waals surface area contributed by atoms with Gasteiger partial charge in [0.05, 0.1) is 10.2 Å². The number of hydrogen-bond donors (Lipinski definition) is 2. The molecule has 0 unspecified atom stereocenters. The van der Waals surface area contributed by atoms with Gasteiger partial charge < -0.3 is 11.1 Å². The van der Waals surface area contributed by atoms with Gasteiger partial charge >= 0.3 is 0 Å². The lowest BCUT2D eigenvalue weighted by atomic mass is 10.2. The van der Waals surface area contributed by atoms with Crippen LogP contribution in [-0.2, 0) is 0 Å². The molecule has 3 N–H and O–H groups in total. The van der Waals surface area contributed by atoms with Crippen LogP contribution in [0, 0.1) is 0 Å². The van der Waals surface area contributed by atoms with Gasteiger partial charge in [0.15, 0.2) is 11.3 Å². The van der Waals surface area contributed by atoms with Crippen LogP contribution in [0.2, 0.25) is 0 Å². The molecule has 0 spiro atoms. The van der Waals surface area contributed by atoms with Crippen molar-refractivity contribution in [2.24, 2.45) is 5.73 Å². The summed E-state index contributed by atoms with van der Waals surface area (Å²) in [5, 5.41) is 3.43. The second-order valence-corrected chi connectivity index (χ2v) is 6.67. The third kappa shape index (κ3) is 6.38. The molecule has 6 heteroatoms. The molecule has 0 aliphatic heterocycles. The Morgan fingerprint density at radius 1 is 1.04 bits per heavy atom. The normalized spacial score (nSPS) is 10.0. The van der Waals surface area contributed by atoms with Crippen molar-refractivity contribution in [3.8, 4) is 0 Å². The third-order valence-electron chi connectivity index (χ3n) is 3.61. The number of nitrogens with two attached hydrogens (primary N) is 1. The number of unbranched alkanes of at least 4 members (excludes halogenated alkanes) is 2. The summed E-state index contributed by atoms with van der Waals surface area (Å²) in [6.07, 6.45) is 3.88. The molecule has 0 aliphatic carbocycles. The molecular weight excluding hydrogens is 346 g/mol. The van der Waals surface area contributed by atoms with Crippen LogP contribution in [0.1, 0.15) is 39.4 Å². The highest BCUT2D eigenvalue weighted by atomic mass is 32.1. The Morgan fingerprint density at radius 2 is 1.77 bits per heavy atom. The van der Waals surface area contributed by atoms with Gasteiger partial charge in [-0.3, -0.25) is 9.59 Å². The topological polar surface area (TPSA) is 85.1 Å². The second kappa shape index (κ2) is 11.1. The van der Waals surface area contributed by atoms with Gasteiger partial charge in [0, 0.05) is 12.1 Å². The van der Waals surface area contributed by atoms with Gasteiger partial charge in [-0.1, -0.05) is 36.8 Å². The van der Waals surface area contributed by atoms with E-state index < -0.39 is 0 Å². The Hall–Kier alpha value is -2.57. The molecule has 26 heavy (non-hydrogen) atoms. The van der Waals surface area contributed by atoms with Gasteiger partial charge in [-0.2, -0.15) is 0 Å². The van der Waals surface area contributed by atoms with Crippen molar-refractivity contribution in [3.63, 3.8) is 0 Å². The molecule has 0 aliphatic rings. The SMILES string of the molecule is NCCCCCNC(=O)c1ccccc1.O=Cc1nc2ccccc2s1. The standard InChI is InChI=1S/C12H18N2O.C8H5NOS/c13-9-5-2-6-10-14-12(15)11-7-3-1-4-8-11;10-5-8-9-6-3-1-2-4-7(6)11-8/h1,3-4,7-8H,2,5-6,9-10,13H2,(H,14,15);1-5H. The van der Waals surface area contributed by atoms with E-state index in [2.05, 4.69) is 10.3 Å². The minimum absolute atomic E-state index is 0.00310. The lowest BCUT2D eigenvalue weighted by Gasteiger charge is -2.04. The average Bonchev–Trinajstić information content (AvgIpc) is 3.12. The van der Waals surface area contributed by atoms with E-state index in [9.17, 15) is 9.59 Å². The molecule has 3 aromatic rings. The Morgan fingerprint density at radius 3 is 2.46 bits per heavy atom. The minimum atomic E-state index is 0.00310. The summed E-state index contributed by atoms with van der Waals surface area (Å²) in [5.74, 6) is 0.00310. The first-order chi connectivity index (χ1) is 12.7. The maximum absolute atomic E-state index is 11.5. The van der Waals surface area contributed by atoms with Gasteiger partial charge in [0.25, 0.3) is 5.91 Å². The maximum Gasteiger partial charge on any atom is 0.251 e. The highest BCUT2D eigenvalue weighted by molar-refractivity contribution is 7.19. The number of carbonyl (C=O) groups is 2. The highest BCUT2D eigenvalue weighted by Crippen LogP contribution is 2.19. The van der Waals surface area contributed by atoms with E-state index in [1.807, 2.05) is 54.6 Å². The molecular formula is C20H23N3O2S. The smallest absolute Gasteiger partial charge is 0.251 e. The number of hydrogen-bond acceptors (Lipinski definition) is 5. The molecule has 1 heterocycles. The van der Waals surface area contributed by atoms with E-state index in [0.717, 1.165) is 54.4 Å². The second-order valence-electron chi connectivity index (χ2n) is 5.61. The number of benzene rings is 2. The fourth-order valence-electron chi connectivity index (χ4n) is 2.28. The molecule has 0 atom stereocenters. The van der Waals surface area contributed by atoms with E-state index in [-0.39, 0.29) is 5.91 Å². The summed E-state index contributed by atoms with van der Waals surface area (Å²) in [7, 11) is 0. The zero-order valence-electron chi connectivity index (χ0n) is 14.6. The number of fused-ring (bicyclic) bond motifs is 1. The predicted octanol–water partition coefficient (Wildman–Crippen LogP) is 3.65. The molecule has 0 saturated carbocycles. The van der Waals surface area contributed by atoms with Crippen LogP contribution in [0.5, 0.6) is 0 Å². The van der Waals surface area contributed by atoms with Crippen LogP contribution >= 0.6 is 11.3 Å². The average molecular weight is 369 g/mol. The minimum Gasteiger partial charge on any atom is -0.352 e. The highest BCUT2D eigenvalue weighted by Gasteiger charge is 2.02. The summed E-state index contributed by atoms with van der Waals surface area (Å²) in [4.78, 5) is 25.9. The first-order valence-electron chi connectivity index (χ1n) is 8.58. The molecule has 0 radical (unpaired) electrons. The largest absolute Gasteiger partial charge is 0.352 e. The number of para-hydroxylation sites is 1. The molecule has 136 valence electrons. The number of rotatable bonds is 7. The first kappa shape index (κ1) is 19.8. The van der Waals surface area contributed by atoms with Crippen LogP contribution in [0.4, 0.5) is 0 Å². The Labute approximate surface area is 157 Å². The van der Waals surface area contributed by atoms with Crippen LogP contribution < -0.4 is 11.1 Å². The van der Waals surface area contributed by atoms with E-state index in [1.54, 1.807) is 0 Å². The maximum atomic E-state index is 11.5. The van der Waals surface area contributed by atoms with E-state index in [0.29, 0.717) is 5.01 Å². The number of aldehydes is 1. The van der Waals surface area contributed by atoms with Crippen LogP contribution in [-0.4, -0.2) is 30.3 Å². The molecule has 3 rings (SSSR count). The van der Waals surface area contributed by atoms with Gasteiger partial charge in [-0.25, -0.2) is 4.98 Å². The first-order valence-corrected chi connectivity index (χ1v) is 9.40. The Bertz CT molecular complexity index is 785. The number of nitrogens with one attached hydrogen (secondary N) is 1. The molecule has 1 amide bonds. The summed E-state index contributed by atoms with van der Waals surface area (Å²) in [6.45, 7) is 1.46. The van der Waals surface area contributed by atoms with E-state index >= 15 is 0 Å². The number of aromatic nitrogens is 1. The number of thiazole rings is 1. The van der Waals surface area contributed by atoms with E-state index in [4.69, 9.17) is 5.73 Å². The molecule has 0 fully saturated rings. The number of nitrogens with zero attached hydrogens (tertiary/aromatic N) is 1. The van der Waals surface area contributed by atoms with Gasteiger partial charge in [0.1, 0.15) is 0 Å². The summed E-state index contributed by atoms with van der Waals surface area (Å²) < 4.78 is 1.06. The lowest BCUT2D eigenvalue weighted by molar-refractivity contribution is 0.0952. The van der Waals surface area contributed by atoms with Gasteiger partial charge in [-0.05, 0) is 43.7 Å². The molecule has 2 aromatic carbocycles. The monoisotopic (exact) mass is 369 g/mol. The summed E-state index contributed by atoms with van der Waals surface area (Å²) in [6, 6.07) is 17.0. The van der Waals surface area contributed by atoms with Gasteiger partial charge in [0.2, 0.25) is 0 Å². The quantitative estimate of drug-likeness (QED) is 0.492. The fraction of sp³-hybridized carbons (Fsp3) is 0.250. The van der Waals surface area contributed by atoms with E-state index in [1.165, 1.54) is 11.3 Å². The lowest BCUT2D eigenvalue weighted by Crippen LogP contribution is -2.24. The van der Waals surface area contributed by atoms with Crippen LogP contribution in [0.25, 0.3) is 10.2 Å². The Kier molecular flexibility index (Phi) is 8.45. The Balaban J connectivity index is 0.000000195. The summed E-state index contributed by atoms with van der Waals surface area (Å²) >= 11 is 1.42. The molecule has 1 aromatic heterocycles. The molecule has 5 nitrogen and oxygen atoms in total. The van der Waals surface area contributed by atoms with Crippen molar-refractivity contribution >= 4 is 33.7 Å². The van der Waals surface area contributed by atoms with Crippen LogP contribution in [0.15, 0.2) is 54.6 Å². The number of carbonyl (C=O) groups excluding carboxylic acids is 2. The molecule has 0 bridgehead atoms. The fourth-order valence-corrected chi connectivity index (χ4v) is 3.06. The summed E-state index contributed by atoms with van der Waals surface area (Å²) in [5.41, 5.74) is 7.00. The zero-order chi connectivity index (χ0) is 18.6. The van der Waals surface area contributed by atoms with Crippen LogP contribution in [0.3, 0.4) is 0 Å². The van der Waals surface area contributed by atoms with Crippen molar-refractivity contribution in [3.05, 3.63) is 65.2 Å². The third-order valence-corrected chi connectivity index (χ3v) is 4.58. The predicted molar refractivity (Wildman–Crippen MR) is 107 cm³/mol. The number of amides is 1. The van der Waals surface area contributed by atoms with Gasteiger partial charge in [-0.15, -0.1) is 11.3 Å². The van der Waals surface area contributed by atoms with Crippen molar-refractivity contribution in [1.29, 1.82) is 0 Å². The zero-order valence-corrected chi connectivity index (χ0v) is 15.4. The molecule has 0 saturated heterocycles. The van der Waals surface area contributed by atoms with Crippen molar-refractivity contribution in [1.82, 2.24) is 10.3 Å². The van der Waals surface area contributed by atoms with Crippen molar-refractivity contribution in [2.45, 2.75) is 19.3 Å².